The molecule has 0 amide bonds. The van der Waals surface area contributed by atoms with Crippen LogP contribution in [0.15, 0.2) is 60.7 Å². The van der Waals surface area contributed by atoms with Gasteiger partial charge in [0, 0.05) is 0 Å². The number of fused-ring (bicyclic) bond motifs is 2. The fourth-order valence-corrected chi connectivity index (χ4v) is 3.11. The van der Waals surface area contributed by atoms with Gasteiger partial charge in [-0.25, -0.2) is 0 Å². The number of hydrogen-bond acceptors (Lipinski definition) is 0. The van der Waals surface area contributed by atoms with E-state index in [9.17, 15) is 0 Å². The van der Waals surface area contributed by atoms with Crippen LogP contribution in [0, 0.1) is 21.3 Å². The molecule has 2 atom stereocenters. The molecule has 0 saturated carbocycles. The second kappa shape index (κ2) is 10.9. The fourth-order valence-electron chi connectivity index (χ4n) is 3.11. The van der Waals surface area contributed by atoms with E-state index in [0.717, 1.165) is 0 Å². The van der Waals surface area contributed by atoms with Crippen LogP contribution in [0.25, 0.3) is 12.2 Å². The normalized spacial score (nSPS) is 18.0. The number of halogens is 1. The third-order valence-corrected chi connectivity index (χ3v) is 4.09. The van der Waals surface area contributed by atoms with E-state index in [1.165, 1.54) is 22.3 Å². The minimum atomic E-state index is 0. The second-order valence-corrected chi connectivity index (χ2v) is 5.22. The molecule has 0 nitrogen and oxygen atoms in total. The van der Waals surface area contributed by atoms with Gasteiger partial charge in [-0.2, -0.15) is 0 Å². The maximum absolute atomic E-state index is 2.97. The standard InChI is InChI=1S/C19H15.2CH3.ClH.Si.Ti/c1-3-7-18-14(5-1)9-11-16(18)13-17-12-10-15-6-2-4-8-19(15)17;;;;;/h1-13,16-17H;2*1H3;1H;;/q3*-1;;;. The van der Waals surface area contributed by atoms with Gasteiger partial charge >= 0.3 is 26.8 Å². The summed E-state index contributed by atoms with van der Waals surface area (Å²) in [6.07, 6.45) is 11.5. The number of rotatable bonds is 2. The Morgan fingerprint density at radius 2 is 1.08 bits per heavy atom. The molecule has 0 bridgehead atoms. The van der Waals surface area contributed by atoms with Crippen molar-refractivity contribution in [1.82, 2.24) is 0 Å². The molecule has 2 aliphatic carbocycles. The summed E-state index contributed by atoms with van der Waals surface area (Å²) in [5.41, 5.74) is 5.58. The zero-order valence-corrected chi connectivity index (χ0v) is 17.4. The van der Waals surface area contributed by atoms with Gasteiger partial charge in [0.05, 0.1) is 0 Å². The van der Waals surface area contributed by atoms with Gasteiger partial charge in [-0.1, -0.05) is 71.8 Å². The number of allylic oxidation sites excluding steroid dienone is 2. The average Bonchev–Trinajstić information content (AvgIpc) is 3.15. The van der Waals surface area contributed by atoms with Crippen LogP contribution >= 0.6 is 12.4 Å². The molecule has 0 aromatic heterocycles. The van der Waals surface area contributed by atoms with Crippen LogP contribution in [-0.2, 0) is 19.2 Å². The Balaban J connectivity index is 0.00000102. The van der Waals surface area contributed by atoms with E-state index in [1.807, 2.05) is 0 Å². The molecule has 4 rings (SSSR count). The topological polar surface area (TPSA) is 0 Å². The van der Waals surface area contributed by atoms with E-state index in [-0.39, 0.29) is 27.3 Å². The van der Waals surface area contributed by atoms with Crippen LogP contribution in [0.1, 0.15) is 34.1 Å². The molecule has 0 aliphatic heterocycles. The minimum absolute atomic E-state index is 0. The fraction of sp³-hybridized carbons (Fsp3) is 0.0952. The van der Waals surface area contributed by atoms with Crippen molar-refractivity contribution >= 4 is 32.2 Å². The second-order valence-electron chi connectivity index (χ2n) is 5.22. The van der Waals surface area contributed by atoms with Gasteiger partial charge < -0.3 is 21.3 Å². The molecule has 24 heavy (non-hydrogen) atoms. The molecular weight excluding hydrogens is 364 g/mol. The molecule has 0 spiro atoms. The third kappa shape index (κ3) is 4.61. The van der Waals surface area contributed by atoms with Crippen LogP contribution in [0.2, 0.25) is 0 Å². The first-order chi connectivity index (χ1) is 10.4. The van der Waals surface area contributed by atoms with Gasteiger partial charge in [0.25, 0.3) is 0 Å². The molecule has 0 heterocycles. The van der Waals surface area contributed by atoms with E-state index < -0.39 is 0 Å². The van der Waals surface area contributed by atoms with Gasteiger partial charge in [0.15, 0.2) is 0 Å². The van der Waals surface area contributed by atoms with Gasteiger partial charge in [0.2, 0.25) is 0 Å². The molecule has 3 heteroatoms. The quantitative estimate of drug-likeness (QED) is 0.456. The van der Waals surface area contributed by atoms with E-state index in [2.05, 4.69) is 86.9 Å². The number of benzene rings is 2. The molecule has 124 valence electrons. The predicted molar refractivity (Wildman–Crippen MR) is 107 cm³/mol. The van der Waals surface area contributed by atoms with Crippen LogP contribution < -0.4 is 0 Å². The van der Waals surface area contributed by atoms with Crippen molar-refractivity contribution in [2.75, 3.05) is 0 Å². The Labute approximate surface area is 166 Å². The van der Waals surface area contributed by atoms with E-state index in [0.29, 0.717) is 11.8 Å². The van der Waals surface area contributed by atoms with Gasteiger partial charge in [-0.05, 0) is 11.1 Å². The summed E-state index contributed by atoms with van der Waals surface area (Å²) in [6.45, 7) is 0. The average molecular weight is 386 g/mol. The zero-order valence-electron chi connectivity index (χ0n) is 14.1. The van der Waals surface area contributed by atoms with Crippen molar-refractivity contribution in [3.8, 4) is 0 Å². The Kier molecular flexibility index (Phi) is 10.5. The summed E-state index contributed by atoms with van der Waals surface area (Å²) in [5, 5.41) is 0. The summed E-state index contributed by atoms with van der Waals surface area (Å²) in [5.74, 6) is 0.883. The molecule has 2 aliphatic rings. The molecule has 2 unspecified atom stereocenters. The van der Waals surface area contributed by atoms with Crippen LogP contribution in [0.4, 0.5) is 0 Å². The molecule has 2 radical (unpaired) electrons. The Hall–Kier alpha value is -0.859. The van der Waals surface area contributed by atoms with Crippen molar-refractivity contribution in [3.05, 3.63) is 104 Å². The van der Waals surface area contributed by atoms with Crippen LogP contribution in [0.5, 0.6) is 0 Å². The first-order valence-electron chi connectivity index (χ1n) is 7.06. The number of hydrogen-bond donors (Lipinski definition) is 0. The van der Waals surface area contributed by atoms with E-state index in [4.69, 9.17) is 0 Å². The van der Waals surface area contributed by atoms with Crippen molar-refractivity contribution in [2.45, 2.75) is 11.8 Å². The van der Waals surface area contributed by atoms with Crippen LogP contribution in [-0.4, -0.2) is 7.63 Å². The van der Waals surface area contributed by atoms with Crippen molar-refractivity contribution in [3.63, 3.8) is 0 Å². The molecule has 2 aromatic rings. The zero-order chi connectivity index (χ0) is 14.7. The summed E-state index contributed by atoms with van der Waals surface area (Å²) < 4.78 is 0. The van der Waals surface area contributed by atoms with Gasteiger partial charge in [-0.15, -0.1) is 36.4 Å². The Morgan fingerprint density at radius 1 is 0.708 bits per heavy atom. The van der Waals surface area contributed by atoms with Gasteiger partial charge in [-0.3, -0.25) is 0 Å². The monoisotopic (exact) mass is 385 g/mol. The molecule has 0 N–H and O–H groups in total. The summed E-state index contributed by atoms with van der Waals surface area (Å²) in [4.78, 5) is 0. The van der Waals surface area contributed by atoms with Gasteiger partial charge in [0.1, 0.15) is 0 Å². The van der Waals surface area contributed by atoms with E-state index in [1.54, 1.807) is 19.2 Å². The first kappa shape index (κ1) is 23.1. The Bertz CT molecular complexity index is 649. The molecule has 0 fully saturated rings. The molecular formula is C21H22ClSiTi-3. The maximum atomic E-state index is 2.97. The van der Waals surface area contributed by atoms with E-state index >= 15 is 0 Å². The summed E-state index contributed by atoms with van der Waals surface area (Å²) in [7, 11) is 2.97. The summed E-state index contributed by atoms with van der Waals surface area (Å²) in [6, 6.07) is 17.3. The predicted octanol–water partition coefficient (Wildman–Crippen LogP) is 5.75. The van der Waals surface area contributed by atoms with Crippen molar-refractivity contribution in [1.29, 1.82) is 0 Å². The SMILES string of the molecule is C1=CC([CH-]C2C=Cc3ccccc32)c2ccccc21.Cl.[CH3-].[CH3-].[Si]=[Ti]. The molecule has 2 aromatic carbocycles. The van der Waals surface area contributed by atoms with Crippen molar-refractivity contribution in [2.24, 2.45) is 0 Å². The van der Waals surface area contributed by atoms with Crippen LogP contribution in [0.3, 0.4) is 0 Å². The van der Waals surface area contributed by atoms with Crippen molar-refractivity contribution < 1.29 is 19.2 Å². The summed E-state index contributed by atoms with van der Waals surface area (Å²) >= 11 is 1.81. The first-order valence-corrected chi connectivity index (χ1v) is 9.90. The Morgan fingerprint density at radius 3 is 1.50 bits per heavy atom. The third-order valence-electron chi connectivity index (χ3n) is 4.09. The molecule has 0 saturated heterocycles.